The molecule has 0 spiro atoms. The standard InChI is InChI=1S/C75H146O17P2/c1-9-67(7)53-45-37-28-23-25-31-41-49-57-74(79)91-70(61-85-72(77)55-47-39-30-22-20-18-16-14-12-11-13-15-17-19-21-27-35-43-51-65(3)4)63-89-93(81,82)87-59-69(76)60-88-94(83,84)90-64-71(62-86-73(78)56-48-40-34-33-36-44-52-66(5)6)92-75(80)58-50-42-32-26-24-29-38-46-54-68(8)10-2/h65-71,76H,9-64H2,1-8H3,(H,81,82)(H,83,84)/t67?,68?,69-,70-,71-/m1/s1. The van der Waals surface area contributed by atoms with Crippen molar-refractivity contribution < 1.29 is 80.2 Å². The van der Waals surface area contributed by atoms with E-state index in [1.165, 1.54) is 173 Å². The molecule has 0 radical (unpaired) electrons. The lowest BCUT2D eigenvalue weighted by atomic mass is 9.99. The summed E-state index contributed by atoms with van der Waals surface area (Å²) in [6.07, 6.45) is 48.8. The first kappa shape index (κ1) is 92.1. The van der Waals surface area contributed by atoms with E-state index in [9.17, 15) is 43.2 Å². The van der Waals surface area contributed by atoms with Crippen LogP contribution in [0.15, 0.2) is 0 Å². The number of carbonyl (C=O) groups excluding carboxylic acids is 4. The highest BCUT2D eigenvalue weighted by atomic mass is 31.2. The van der Waals surface area contributed by atoms with Crippen molar-refractivity contribution in [3.8, 4) is 0 Å². The summed E-state index contributed by atoms with van der Waals surface area (Å²) in [5.74, 6) is 0.913. The molecule has 0 bridgehead atoms. The Morgan fingerprint density at radius 1 is 0.298 bits per heavy atom. The highest BCUT2D eigenvalue weighted by Crippen LogP contribution is 2.45. The van der Waals surface area contributed by atoms with Gasteiger partial charge in [-0.2, -0.15) is 0 Å². The second-order valence-corrected chi connectivity index (χ2v) is 31.4. The molecule has 7 atom stereocenters. The van der Waals surface area contributed by atoms with Crippen molar-refractivity contribution in [2.24, 2.45) is 23.7 Å². The van der Waals surface area contributed by atoms with E-state index in [1.54, 1.807) is 0 Å². The fourth-order valence-electron chi connectivity index (χ4n) is 11.3. The van der Waals surface area contributed by atoms with Gasteiger partial charge >= 0.3 is 39.5 Å². The molecule has 0 rings (SSSR count). The van der Waals surface area contributed by atoms with Crippen LogP contribution in [0.2, 0.25) is 0 Å². The number of hydrogen-bond donors (Lipinski definition) is 3. The number of carbonyl (C=O) groups is 4. The zero-order valence-electron chi connectivity index (χ0n) is 61.6. The van der Waals surface area contributed by atoms with E-state index in [0.717, 1.165) is 114 Å². The van der Waals surface area contributed by atoms with Crippen molar-refractivity contribution in [2.45, 2.75) is 395 Å². The molecule has 0 aromatic carbocycles. The molecule has 0 saturated heterocycles. The number of unbranched alkanes of at least 4 members (excludes halogenated alkanes) is 36. The second kappa shape index (κ2) is 64.4. The molecule has 17 nitrogen and oxygen atoms in total. The Morgan fingerprint density at radius 3 is 0.755 bits per heavy atom. The molecule has 0 aliphatic heterocycles. The molecule has 0 aliphatic rings. The molecule has 4 unspecified atom stereocenters. The van der Waals surface area contributed by atoms with Crippen LogP contribution in [-0.2, 0) is 65.4 Å². The van der Waals surface area contributed by atoms with E-state index < -0.39 is 97.5 Å². The Kier molecular flexibility index (Phi) is 63.1. The van der Waals surface area contributed by atoms with Gasteiger partial charge in [-0.25, -0.2) is 9.13 Å². The van der Waals surface area contributed by atoms with Crippen LogP contribution in [0.25, 0.3) is 0 Å². The van der Waals surface area contributed by atoms with E-state index in [4.69, 9.17) is 37.0 Å². The molecule has 3 N–H and O–H groups in total. The average molecular weight is 1380 g/mol. The van der Waals surface area contributed by atoms with Crippen LogP contribution in [0.3, 0.4) is 0 Å². The van der Waals surface area contributed by atoms with Gasteiger partial charge in [0.05, 0.1) is 26.4 Å². The van der Waals surface area contributed by atoms with Crippen LogP contribution in [0.5, 0.6) is 0 Å². The highest BCUT2D eigenvalue weighted by molar-refractivity contribution is 7.47. The zero-order valence-corrected chi connectivity index (χ0v) is 63.4. The summed E-state index contributed by atoms with van der Waals surface area (Å²) in [4.78, 5) is 72.7. The number of aliphatic hydroxyl groups is 1. The van der Waals surface area contributed by atoms with Gasteiger partial charge in [-0.05, 0) is 49.4 Å². The largest absolute Gasteiger partial charge is 0.472 e. The van der Waals surface area contributed by atoms with Crippen LogP contribution in [0.4, 0.5) is 0 Å². The number of aliphatic hydroxyl groups excluding tert-OH is 1. The average Bonchev–Trinajstić information content (AvgIpc) is 1.22. The first-order valence-electron chi connectivity index (χ1n) is 38.8. The monoisotopic (exact) mass is 1380 g/mol. The van der Waals surface area contributed by atoms with Gasteiger partial charge in [0, 0.05) is 25.7 Å². The summed E-state index contributed by atoms with van der Waals surface area (Å²) in [5, 5.41) is 10.6. The molecule has 558 valence electrons. The Labute approximate surface area is 575 Å². The van der Waals surface area contributed by atoms with E-state index in [2.05, 4.69) is 55.4 Å². The molecular formula is C75H146O17P2. The highest BCUT2D eigenvalue weighted by Gasteiger charge is 2.30. The number of esters is 4. The van der Waals surface area contributed by atoms with E-state index >= 15 is 0 Å². The molecule has 0 aromatic rings. The second-order valence-electron chi connectivity index (χ2n) is 28.5. The Bertz CT molecular complexity index is 1850. The maximum Gasteiger partial charge on any atom is 0.472 e. The van der Waals surface area contributed by atoms with Crippen LogP contribution in [0, 0.1) is 23.7 Å². The fraction of sp³-hybridized carbons (Fsp3) is 0.947. The third-order valence-corrected chi connectivity index (χ3v) is 19.9. The predicted octanol–water partition coefficient (Wildman–Crippen LogP) is 21.7. The third-order valence-electron chi connectivity index (χ3n) is 18.0. The molecular weight excluding hydrogens is 1230 g/mol. The summed E-state index contributed by atoms with van der Waals surface area (Å²) in [5.41, 5.74) is 0. The van der Waals surface area contributed by atoms with Gasteiger partial charge in [0.15, 0.2) is 12.2 Å². The summed E-state index contributed by atoms with van der Waals surface area (Å²) in [6, 6.07) is 0. The van der Waals surface area contributed by atoms with Gasteiger partial charge in [-0.15, -0.1) is 0 Å². The van der Waals surface area contributed by atoms with Gasteiger partial charge in [0.25, 0.3) is 0 Å². The summed E-state index contributed by atoms with van der Waals surface area (Å²) in [7, 11) is -9.91. The van der Waals surface area contributed by atoms with Crippen molar-refractivity contribution in [2.75, 3.05) is 39.6 Å². The number of hydrogen-bond acceptors (Lipinski definition) is 15. The number of phosphoric acid groups is 2. The summed E-state index contributed by atoms with van der Waals surface area (Å²) >= 11 is 0. The van der Waals surface area contributed by atoms with E-state index in [-0.39, 0.29) is 25.7 Å². The lowest BCUT2D eigenvalue weighted by molar-refractivity contribution is -0.161. The maximum absolute atomic E-state index is 13.1. The quantitative estimate of drug-likeness (QED) is 0.0222. The van der Waals surface area contributed by atoms with Crippen molar-refractivity contribution in [3.05, 3.63) is 0 Å². The Morgan fingerprint density at radius 2 is 0.511 bits per heavy atom. The van der Waals surface area contributed by atoms with Crippen LogP contribution < -0.4 is 0 Å². The van der Waals surface area contributed by atoms with Gasteiger partial charge in [0.2, 0.25) is 0 Å². The summed E-state index contributed by atoms with van der Waals surface area (Å²) < 4.78 is 68.4. The number of ether oxygens (including phenoxy) is 4. The molecule has 19 heteroatoms. The van der Waals surface area contributed by atoms with Gasteiger partial charge in [0.1, 0.15) is 19.3 Å². The van der Waals surface area contributed by atoms with Crippen molar-refractivity contribution in [1.29, 1.82) is 0 Å². The van der Waals surface area contributed by atoms with Crippen molar-refractivity contribution in [1.82, 2.24) is 0 Å². The predicted molar refractivity (Wildman–Crippen MR) is 381 cm³/mol. The third kappa shape index (κ3) is 66.0. The molecule has 0 heterocycles. The van der Waals surface area contributed by atoms with Gasteiger partial charge in [-0.1, -0.05) is 325 Å². The lowest BCUT2D eigenvalue weighted by Crippen LogP contribution is -2.30. The van der Waals surface area contributed by atoms with E-state index in [0.29, 0.717) is 31.6 Å². The molecule has 0 aromatic heterocycles. The lowest BCUT2D eigenvalue weighted by Gasteiger charge is -2.21. The molecule has 0 saturated carbocycles. The first-order valence-corrected chi connectivity index (χ1v) is 41.8. The normalized spacial score (nSPS) is 14.7. The topological polar surface area (TPSA) is 237 Å². The maximum atomic E-state index is 13.1. The smallest absolute Gasteiger partial charge is 0.462 e. The zero-order chi connectivity index (χ0) is 69.6. The molecule has 94 heavy (non-hydrogen) atoms. The van der Waals surface area contributed by atoms with Crippen molar-refractivity contribution >= 4 is 39.5 Å². The Hall–Kier alpha value is -1.94. The van der Waals surface area contributed by atoms with Crippen LogP contribution >= 0.6 is 15.6 Å². The fourth-order valence-corrected chi connectivity index (χ4v) is 12.9. The van der Waals surface area contributed by atoms with Crippen LogP contribution in [0.1, 0.15) is 376 Å². The minimum absolute atomic E-state index is 0.103. The Balaban J connectivity index is 5.17. The van der Waals surface area contributed by atoms with Crippen molar-refractivity contribution in [3.63, 3.8) is 0 Å². The number of rotatable bonds is 72. The molecule has 0 fully saturated rings. The first-order chi connectivity index (χ1) is 45.2. The minimum Gasteiger partial charge on any atom is -0.462 e. The van der Waals surface area contributed by atoms with Gasteiger partial charge < -0.3 is 33.8 Å². The van der Waals surface area contributed by atoms with E-state index in [1.807, 2.05) is 0 Å². The van der Waals surface area contributed by atoms with Crippen LogP contribution in [-0.4, -0.2) is 96.7 Å². The SMILES string of the molecule is CCC(C)CCCCCCCCCCC(=O)O[C@H](COC(=O)CCCCCCCCCCCCCCCCCCCCC(C)C)COP(=O)(O)OC[C@@H](O)COP(=O)(O)OC[C@@H](COC(=O)CCCCCCCCC(C)C)OC(=O)CCCCCCCCCCC(C)CC. The molecule has 0 aliphatic carbocycles. The number of phosphoric ester groups is 2. The van der Waals surface area contributed by atoms with Gasteiger partial charge in [-0.3, -0.25) is 37.3 Å². The summed E-state index contributed by atoms with van der Waals surface area (Å²) in [6.45, 7) is 14.1. The minimum atomic E-state index is -4.96. The molecule has 0 amide bonds.